The molecule has 0 bridgehead atoms. The number of ether oxygens (including phenoxy) is 2. The molecule has 0 saturated heterocycles. The normalized spacial score (nSPS) is 12.6. The number of fused-ring (bicyclic) bond motifs is 1. The van der Waals surface area contributed by atoms with Gasteiger partial charge in [-0.1, -0.05) is 6.07 Å². The van der Waals surface area contributed by atoms with Gasteiger partial charge in [0, 0.05) is 15.7 Å². The van der Waals surface area contributed by atoms with E-state index in [0.29, 0.717) is 46.0 Å². The molecule has 0 aliphatic carbocycles. The number of carbonyl (C=O) groups excluding carboxylic acids is 2. The summed E-state index contributed by atoms with van der Waals surface area (Å²) in [6.45, 7) is 0.918. The SMILES string of the molecule is NC(=O)c1cccc(NC(=O)c2cc3c(cc2Br)OCCO3)c1. The minimum atomic E-state index is -0.554. The third-order valence-corrected chi connectivity index (χ3v) is 3.94. The van der Waals surface area contributed by atoms with Crippen LogP contribution >= 0.6 is 15.9 Å². The second-order valence-electron chi connectivity index (χ2n) is 4.87. The average molecular weight is 377 g/mol. The maximum Gasteiger partial charge on any atom is 0.256 e. The molecule has 118 valence electrons. The van der Waals surface area contributed by atoms with Gasteiger partial charge in [0.1, 0.15) is 13.2 Å². The Kier molecular flexibility index (Phi) is 4.20. The van der Waals surface area contributed by atoms with E-state index in [1.54, 1.807) is 30.3 Å². The topological polar surface area (TPSA) is 90.7 Å². The molecule has 6 nitrogen and oxygen atoms in total. The van der Waals surface area contributed by atoms with Crippen LogP contribution < -0.4 is 20.5 Å². The number of amides is 2. The van der Waals surface area contributed by atoms with Crippen LogP contribution in [0.4, 0.5) is 5.69 Å². The predicted octanol–water partition coefficient (Wildman–Crippen LogP) is 2.57. The van der Waals surface area contributed by atoms with E-state index in [4.69, 9.17) is 15.2 Å². The van der Waals surface area contributed by atoms with Crippen molar-refractivity contribution in [2.75, 3.05) is 18.5 Å². The third kappa shape index (κ3) is 3.29. The Balaban J connectivity index is 1.86. The summed E-state index contributed by atoms with van der Waals surface area (Å²) in [6.07, 6.45) is 0. The number of rotatable bonds is 3. The molecule has 1 aliphatic heterocycles. The number of anilines is 1. The number of carbonyl (C=O) groups is 2. The van der Waals surface area contributed by atoms with Gasteiger partial charge in [0.2, 0.25) is 5.91 Å². The van der Waals surface area contributed by atoms with Crippen LogP contribution in [0.5, 0.6) is 11.5 Å². The van der Waals surface area contributed by atoms with Gasteiger partial charge in [-0.25, -0.2) is 0 Å². The Morgan fingerprint density at radius 3 is 2.48 bits per heavy atom. The van der Waals surface area contributed by atoms with Crippen molar-refractivity contribution in [2.45, 2.75) is 0 Å². The molecule has 0 spiro atoms. The molecule has 7 heteroatoms. The van der Waals surface area contributed by atoms with Gasteiger partial charge in [-0.3, -0.25) is 9.59 Å². The average Bonchev–Trinajstić information content (AvgIpc) is 2.54. The summed E-state index contributed by atoms with van der Waals surface area (Å²) in [6, 6.07) is 9.74. The molecule has 2 aromatic rings. The summed E-state index contributed by atoms with van der Waals surface area (Å²) in [5.41, 5.74) is 6.44. The van der Waals surface area contributed by atoms with Crippen LogP contribution in [0.3, 0.4) is 0 Å². The molecule has 0 saturated carbocycles. The van der Waals surface area contributed by atoms with Gasteiger partial charge in [0.05, 0.1) is 5.56 Å². The van der Waals surface area contributed by atoms with Gasteiger partial charge < -0.3 is 20.5 Å². The summed E-state index contributed by atoms with van der Waals surface area (Å²) in [7, 11) is 0. The Hall–Kier alpha value is -2.54. The standard InChI is InChI=1S/C16H13BrN2O4/c17-12-8-14-13(22-4-5-23-14)7-11(12)16(21)19-10-3-1-2-9(6-10)15(18)20/h1-3,6-8H,4-5H2,(H2,18,20)(H,19,21). The molecule has 2 amide bonds. The van der Waals surface area contributed by atoms with Crippen LogP contribution in [-0.2, 0) is 0 Å². The summed E-state index contributed by atoms with van der Waals surface area (Å²) in [5.74, 6) is 0.225. The lowest BCUT2D eigenvalue weighted by Gasteiger charge is -2.19. The van der Waals surface area contributed by atoms with Crippen LogP contribution in [-0.4, -0.2) is 25.0 Å². The van der Waals surface area contributed by atoms with Crippen molar-refractivity contribution in [3.05, 3.63) is 52.0 Å². The zero-order valence-corrected chi connectivity index (χ0v) is 13.6. The smallest absolute Gasteiger partial charge is 0.256 e. The number of primary amides is 1. The van der Waals surface area contributed by atoms with E-state index in [0.717, 1.165) is 0 Å². The van der Waals surface area contributed by atoms with Gasteiger partial charge in [-0.2, -0.15) is 0 Å². The maximum absolute atomic E-state index is 12.4. The van der Waals surface area contributed by atoms with Crippen molar-refractivity contribution in [3.8, 4) is 11.5 Å². The highest BCUT2D eigenvalue weighted by Gasteiger charge is 2.19. The van der Waals surface area contributed by atoms with Crippen molar-refractivity contribution < 1.29 is 19.1 Å². The third-order valence-electron chi connectivity index (χ3n) is 3.28. The van der Waals surface area contributed by atoms with E-state index in [9.17, 15) is 9.59 Å². The quantitative estimate of drug-likeness (QED) is 0.860. The molecule has 23 heavy (non-hydrogen) atoms. The number of halogens is 1. The Bertz CT molecular complexity index is 792. The number of hydrogen-bond acceptors (Lipinski definition) is 4. The lowest BCUT2D eigenvalue weighted by atomic mass is 10.1. The minimum Gasteiger partial charge on any atom is -0.486 e. The summed E-state index contributed by atoms with van der Waals surface area (Å²) in [5, 5.41) is 2.73. The molecule has 1 aliphatic rings. The largest absolute Gasteiger partial charge is 0.486 e. The first-order valence-corrected chi connectivity index (χ1v) is 7.64. The molecule has 0 radical (unpaired) electrons. The maximum atomic E-state index is 12.4. The van der Waals surface area contributed by atoms with Gasteiger partial charge in [0.25, 0.3) is 5.91 Å². The van der Waals surface area contributed by atoms with E-state index in [2.05, 4.69) is 21.2 Å². The van der Waals surface area contributed by atoms with Crippen molar-refractivity contribution in [1.82, 2.24) is 0 Å². The molecule has 0 aromatic heterocycles. The fraction of sp³-hybridized carbons (Fsp3) is 0.125. The molecule has 0 atom stereocenters. The van der Waals surface area contributed by atoms with E-state index >= 15 is 0 Å². The molecular formula is C16H13BrN2O4. The van der Waals surface area contributed by atoms with E-state index in [1.165, 1.54) is 6.07 Å². The first-order chi connectivity index (χ1) is 11.0. The van der Waals surface area contributed by atoms with Crippen LogP contribution in [0.1, 0.15) is 20.7 Å². The van der Waals surface area contributed by atoms with E-state index in [-0.39, 0.29) is 5.91 Å². The number of hydrogen-bond donors (Lipinski definition) is 2. The predicted molar refractivity (Wildman–Crippen MR) is 88.0 cm³/mol. The second kappa shape index (κ2) is 6.29. The second-order valence-corrected chi connectivity index (χ2v) is 5.73. The molecule has 2 aromatic carbocycles. The minimum absolute atomic E-state index is 0.323. The van der Waals surface area contributed by atoms with Crippen molar-refractivity contribution in [3.63, 3.8) is 0 Å². The zero-order chi connectivity index (χ0) is 16.4. The van der Waals surface area contributed by atoms with Gasteiger partial charge in [-0.15, -0.1) is 0 Å². The Morgan fingerprint density at radius 2 is 1.78 bits per heavy atom. The lowest BCUT2D eigenvalue weighted by molar-refractivity contribution is 0.0996. The fourth-order valence-electron chi connectivity index (χ4n) is 2.19. The fourth-order valence-corrected chi connectivity index (χ4v) is 2.69. The number of nitrogens with one attached hydrogen (secondary N) is 1. The summed E-state index contributed by atoms with van der Waals surface area (Å²) >= 11 is 3.36. The highest BCUT2D eigenvalue weighted by molar-refractivity contribution is 9.10. The molecule has 0 fully saturated rings. The summed E-state index contributed by atoms with van der Waals surface area (Å²) in [4.78, 5) is 23.6. The molecule has 0 unspecified atom stereocenters. The number of nitrogens with two attached hydrogens (primary N) is 1. The van der Waals surface area contributed by atoms with Crippen LogP contribution in [0, 0.1) is 0 Å². The highest BCUT2D eigenvalue weighted by atomic mass is 79.9. The highest BCUT2D eigenvalue weighted by Crippen LogP contribution is 2.35. The Labute approximate surface area is 140 Å². The zero-order valence-electron chi connectivity index (χ0n) is 12.0. The summed E-state index contributed by atoms with van der Waals surface area (Å²) < 4.78 is 11.5. The van der Waals surface area contributed by atoms with Gasteiger partial charge in [-0.05, 0) is 46.3 Å². The Morgan fingerprint density at radius 1 is 1.09 bits per heavy atom. The van der Waals surface area contributed by atoms with Gasteiger partial charge >= 0.3 is 0 Å². The first kappa shape index (κ1) is 15.4. The van der Waals surface area contributed by atoms with Crippen LogP contribution in [0.2, 0.25) is 0 Å². The number of benzene rings is 2. The van der Waals surface area contributed by atoms with E-state index in [1.807, 2.05) is 0 Å². The van der Waals surface area contributed by atoms with Crippen molar-refractivity contribution in [2.24, 2.45) is 5.73 Å². The first-order valence-electron chi connectivity index (χ1n) is 6.85. The van der Waals surface area contributed by atoms with Crippen LogP contribution in [0.15, 0.2) is 40.9 Å². The monoisotopic (exact) mass is 376 g/mol. The molecule has 1 heterocycles. The molecule has 3 rings (SSSR count). The van der Waals surface area contributed by atoms with Crippen molar-refractivity contribution >= 4 is 33.4 Å². The van der Waals surface area contributed by atoms with Crippen LogP contribution in [0.25, 0.3) is 0 Å². The molecular weight excluding hydrogens is 364 g/mol. The lowest BCUT2D eigenvalue weighted by Crippen LogP contribution is -2.18. The van der Waals surface area contributed by atoms with E-state index < -0.39 is 5.91 Å². The van der Waals surface area contributed by atoms with Gasteiger partial charge in [0.15, 0.2) is 11.5 Å². The molecule has 3 N–H and O–H groups in total. The van der Waals surface area contributed by atoms with Crippen molar-refractivity contribution in [1.29, 1.82) is 0 Å².